The number of urea groups is 1. The molecular weight excluding hydrogens is 390 g/mol. The lowest BCUT2D eigenvalue weighted by molar-refractivity contribution is 0.109. The van der Waals surface area contributed by atoms with Gasteiger partial charge in [0, 0.05) is 13.1 Å². The van der Waals surface area contributed by atoms with Gasteiger partial charge in [-0.05, 0) is 74.5 Å². The monoisotopic (exact) mass is 423 g/mol. The molecule has 2 aliphatic rings. The number of hydrogen-bond acceptors (Lipinski definition) is 4. The first-order chi connectivity index (χ1) is 15.1. The predicted octanol–water partition coefficient (Wildman–Crippen LogP) is 3.32. The summed E-state index contributed by atoms with van der Waals surface area (Å²) in [6.45, 7) is 5.89. The molecule has 0 unspecified atom stereocenters. The van der Waals surface area contributed by atoms with E-state index >= 15 is 0 Å². The van der Waals surface area contributed by atoms with Gasteiger partial charge in [-0.3, -0.25) is 0 Å². The van der Waals surface area contributed by atoms with Crippen molar-refractivity contribution in [2.75, 3.05) is 26.2 Å². The zero-order chi connectivity index (χ0) is 21.6. The van der Waals surface area contributed by atoms with E-state index in [-0.39, 0.29) is 6.03 Å². The van der Waals surface area contributed by atoms with Crippen LogP contribution in [0.25, 0.3) is 0 Å². The lowest BCUT2D eigenvalue weighted by atomic mass is 9.96. The van der Waals surface area contributed by atoms with Gasteiger partial charge in [-0.15, -0.1) is 0 Å². The maximum atomic E-state index is 12.7. The fourth-order valence-corrected chi connectivity index (χ4v) is 4.37. The molecule has 6 heteroatoms. The second-order valence-electron chi connectivity index (χ2n) is 8.69. The Morgan fingerprint density at radius 2 is 1.90 bits per heavy atom. The maximum Gasteiger partial charge on any atom is 0.315 e. The zero-order valence-electron chi connectivity index (χ0n) is 18.3. The largest absolute Gasteiger partial charge is 0.493 e. The van der Waals surface area contributed by atoms with E-state index < -0.39 is 12.1 Å². The van der Waals surface area contributed by atoms with Gasteiger partial charge in [0.25, 0.3) is 0 Å². The lowest BCUT2D eigenvalue weighted by Gasteiger charge is -2.29. The number of rotatable bonds is 7. The number of aliphatic hydroxyl groups excluding tert-OH is 1. The number of aryl methyl sites for hydroxylation is 2. The molecule has 2 amide bonds. The molecule has 1 fully saturated rings. The zero-order valence-corrected chi connectivity index (χ0v) is 18.3. The highest BCUT2D eigenvalue weighted by molar-refractivity contribution is 5.74. The quantitative estimate of drug-likeness (QED) is 0.639. The van der Waals surface area contributed by atoms with Gasteiger partial charge >= 0.3 is 6.03 Å². The summed E-state index contributed by atoms with van der Waals surface area (Å²) in [7, 11) is 0. The van der Waals surface area contributed by atoms with Crippen LogP contribution in [0, 0.1) is 6.92 Å². The number of carbonyl (C=O) groups is 1. The van der Waals surface area contributed by atoms with Crippen LogP contribution in [0.1, 0.15) is 47.6 Å². The number of carbonyl (C=O) groups excluding carboxylic acids is 1. The average Bonchev–Trinajstić information content (AvgIpc) is 3.30. The molecule has 0 radical (unpaired) electrons. The van der Waals surface area contributed by atoms with E-state index in [1.807, 2.05) is 49.4 Å². The van der Waals surface area contributed by atoms with Gasteiger partial charge in [0.2, 0.25) is 0 Å². The second-order valence-corrected chi connectivity index (χ2v) is 8.69. The molecule has 166 valence electrons. The van der Waals surface area contributed by atoms with E-state index in [1.165, 1.54) is 18.4 Å². The van der Waals surface area contributed by atoms with Gasteiger partial charge in [0.1, 0.15) is 11.9 Å². The van der Waals surface area contributed by atoms with Crippen LogP contribution in [0.3, 0.4) is 0 Å². The molecule has 3 N–H and O–H groups in total. The molecule has 2 heterocycles. The van der Waals surface area contributed by atoms with Crippen molar-refractivity contribution in [2.45, 2.75) is 51.3 Å². The normalized spacial score (nSPS) is 18.0. The standard InChI is InChI=1S/C25H33N3O3/c1-18-6-8-19(9-7-18)16-26-25(30)27-22(17-28-12-2-3-13-28)24(29)21-10-11-23-20(15-21)5-4-14-31-23/h6-11,15,22,24,29H,2-5,12-14,16-17H2,1H3,(H2,26,27,30)/t22-,24-/m1/s1. The molecular formula is C25H33N3O3. The Morgan fingerprint density at radius 1 is 1.13 bits per heavy atom. The fraction of sp³-hybridized carbons (Fsp3) is 0.480. The van der Waals surface area contributed by atoms with Gasteiger partial charge in [0.15, 0.2) is 0 Å². The minimum atomic E-state index is -0.780. The first kappa shape index (κ1) is 21.7. The van der Waals surface area contributed by atoms with Crippen molar-refractivity contribution in [1.29, 1.82) is 0 Å². The number of fused-ring (bicyclic) bond motifs is 1. The maximum absolute atomic E-state index is 12.7. The van der Waals surface area contributed by atoms with Crippen LogP contribution in [0.4, 0.5) is 4.79 Å². The number of hydrogen-bond donors (Lipinski definition) is 3. The van der Waals surface area contributed by atoms with Gasteiger partial charge < -0.3 is 25.4 Å². The Balaban J connectivity index is 1.42. The molecule has 0 spiro atoms. The summed E-state index contributed by atoms with van der Waals surface area (Å²) in [6.07, 6.45) is 3.50. The minimum absolute atomic E-state index is 0.259. The van der Waals surface area contributed by atoms with Crippen LogP contribution in [0.15, 0.2) is 42.5 Å². The Labute approximate surface area is 184 Å². The molecule has 0 aromatic heterocycles. The van der Waals surface area contributed by atoms with Crippen molar-refractivity contribution in [3.63, 3.8) is 0 Å². The molecule has 0 aliphatic carbocycles. The summed E-state index contributed by atoms with van der Waals surface area (Å²) >= 11 is 0. The molecule has 2 atom stereocenters. The summed E-state index contributed by atoms with van der Waals surface area (Å²) in [5.41, 5.74) is 4.20. The van der Waals surface area contributed by atoms with Gasteiger partial charge in [-0.25, -0.2) is 4.79 Å². The van der Waals surface area contributed by atoms with Crippen molar-refractivity contribution in [2.24, 2.45) is 0 Å². The Kier molecular flexibility index (Phi) is 7.10. The Bertz CT molecular complexity index is 878. The van der Waals surface area contributed by atoms with E-state index in [0.717, 1.165) is 55.0 Å². The molecule has 31 heavy (non-hydrogen) atoms. The highest BCUT2D eigenvalue weighted by atomic mass is 16.5. The number of ether oxygens (including phenoxy) is 1. The Morgan fingerprint density at radius 3 is 2.68 bits per heavy atom. The third-order valence-electron chi connectivity index (χ3n) is 6.20. The number of nitrogens with zero attached hydrogens (tertiary/aromatic N) is 1. The molecule has 2 aromatic carbocycles. The summed E-state index contributed by atoms with van der Waals surface area (Å²) in [5.74, 6) is 0.905. The topological polar surface area (TPSA) is 73.8 Å². The van der Waals surface area contributed by atoms with Crippen LogP contribution in [0.2, 0.25) is 0 Å². The number of amides is 2. The predicted molar refractivity (Wildman–Crippen MR) is 121 cm³/mol. The van der Waals surface area contributed by atoms with Gasteiger partial charge in [-0.1, -0.05) is 35.9 Å². The molecule has 2 aromatic rings. The summed E-state index contributed by atoms with van der Waals surface area (Å²) in [6, 6.07) is 13.3. The van der Waals surface area contributed by atoms with Crippen LogP contribution < -0.4 is 15.4 Å². The Hall–Kier alpha value is -2.57. The highest BCUT2D eigenvalue weighted by Crippen LogP contribution is 2.29. The molecule has 0 saturated carbocycles. The number of nitrogens with one attached hydrogen (secondary N) is 2. The van der Waals surface area contributed by atoms with Crippen molar-refractivity contribution < 1.29 is 14.6 Å². The van der Waals surface area contributed by atoms with Crippen LogP contribution in [0.5, 0.6) is 5.75 Å². The molecule has 6 nitrogen and oxygen atoms in total. The van der Waals surface area contributed by atoms with Crippen LogP contribution >= 0.6 is 0 Å². The van der Waals surface area contributed by atoms with Crippen molar-refractivity contribution in [1.82, 2.24) is 15.5 Å². The molecule has 2 aliphatic heterocycles. The highest BCUT2D eigenvalue weighted by Gasteiger charge is 2.27. The average molecular weight is 424 g/mol. The summed E-state index contributed by atoms with van der Waals surface area (Å²) in [4.78, 5) is 15.0. The smallest absolute Gasteiger partial charge is 0.315 e. The van der Waals surface area contributed by atoms with Crippen molar-refractivity contribution in [3.05, 3.63) is 64.7 Å². The molecule has 4 rings (SSSR count). The fourth-order valence-electron chi connectivity index (χ4n) is 4.37. The van der Waals surface area contributed by atoms with Crippen molar-refractivity contribution >= 4 is 6.03 Å². The van der Waals surface area contributed by atoms with Crippen molar-refractivity contribution in [3.8, 4) is 5.75 Å². The van der Waals surface area contributed by atoms with E-state index in [2.05, 4.69) is 15.5 Å². The third-order valence-corrected chi connectivity index (χ3v) is 6.20. The van der Waals surface area contributed by atoms with Crippen LogP contribution in [-0.4, -0.2) is 48.3 Å². The summed E-state index contributed by atoms with van der Waals surface area (Å²) in [5, 5.41) is 17.2. The lowest BCUT2D eigenvalue weighted by Crippen LogP contribution is -2.49. The third kappa shape index (κ3) is 5.77. The first-order valence-corrected chi connectivity index (χ1v) is 11.3. The summed E-state index contributed by atoms with van der Waals surface area (Å²) < 4.78 is 5.70. The number of benzene rings is 2. The second kappa shape index (κ2) is 10.2. The number of aliphatic hydroxyl groups is 1. The van der Waals surface area contributed by atoms with E-state index in [4.69, 9.17) is 4.74 Å². The van der Waals surface area contributed by atoms with Crippen LogP contribution in [-0.2, 0) is 13.0 Å². The SMILES string of the molecule is Cc1ccc(CNC(=O)N[C@H](CN2CCCC2)[C@H](O)c2ccc3c(c2)CCCO3)cc1. The molecule has 0 bridgehead atoms. The minimum Gasteiger partial charge on any atom is -0.493 e. The first-order valence-electron chi connectivity index (χ1n) is 11.3. The van der Waals surface area contributed by atoms with E-state index in [1.54, 1.807) is 0 Å². The molecule has 1 saturated heterocycles. The van der Waals surface area contributed by atoms with E-state index in [0.29, 0.717) is 13.1 Å². The number of likely N-dealkylation sites (tertiary alicyclic amines) is 1. The van der Waals surface area contributed by atoms with Gasteiger partial charge in [-0.2, -0.15) is 0 Å². The van der Waals surface area contributed by atoms with Gasteiger partial charge in [0.05, 0.1) is 12.6 Å². The van der Waals surface area contributed by atoms with E-state index in [9.17, 15) is 9.90 Å².